The Hall–Kier alpha value is -8.34. The van der Waals surface area contributed by atoms with Gasteiger partial charge in [0.2, 0.25) is 0 Å². The average molecular weight is 793 g/mol. The largest absolute Gasteiger partial charge is 0.455 e. The van der Waals surface area contributed by atoms with E-state index in [0.717, 1.165) is 88.9 Å². The topological polar surface area (TPSA) is 34.5 Å². The Morgan fingerprint density at radius 1 is 0.355 bits per heavy atom. The third-order valence-electron chi connectivity index (χ3n) is 12.6. The van der Waals surface area contributed by atoms with E-state index in [1.165, 1.54) is 32.6 Å². The van der Waals surface area contributed by atoms with Crippen molar-refractivity contribution >= 4 is 93.5 Å². The number of benzene rings is 10. The molecular formula is C58H36N2O2. The highest BCUT2D eigenvalue weighted by molar-refractivity contribution is 6.18. The molecule has 3 heterocycles. The highest BCUT2D eigenvalue weighted by Crippen LogP contribution is 2.48. The molecule has 0 aliphatic rings. The van der Waals surface area contributed by atoms with Gasteiger partial charge in [0, 0.05) is 55.0 Å². The van der Waals surface area contributed by atoms with Crippen molar-refractivity contribution in [3.63, 3.8) is 0 Å². The summed E-state index contributed by atoms with van der Waals surface area (Å²) < 4.78 is 16.0. The van der Waals surface area contributed by atoms with Crippen molar-refractivity contribution in [3.05, 3.63) is 218 Å². The third-order valence-corrected chi connectivity index (χ3v) is 12.6. The maximum atomic E-state index is 7.04. The van der Waals surface area contributed by atoms with Crippen molar-refractivity contribution in [1.82, 2.24) is 4.57 Å². The summed E-state index contributed by atoms with van der Waals surface area (Å²) in [6, 6.07) is 77.9. The number of hydrogen-bond donors (Lipinski definition) is 0. The molecule has 62 heavy (non-hydrogen) atoms. The van der Waals surface area contributed by atoms with Crippen molar-refractivity contribution in [1.29, 1.82) is 0 Å². The van der Waals surface area contributed by atoms with E-state index in [0.29, 0.717) is 0 Å². The van der Waals surface area contributed by atoms with Crippen LogP contribution in [0.25, 0.3) is 104 Å². The van der Waals surface area contributed by atoms with Gasteiger partial charge in [-0.2, -0.15) is 0 Å². The molecule has 0 amide bonds. The fourth-order valence-corrected chi connectivity index (χ4v) is 9.82. The summed E-state index contributed by atoms with van der Waals surface area (Å²) in [5.41, 5.74) is 14.2. The molecule has 3 aromatic heterocycles. The average Bonchev–Trinajstić information content (AvgIpc) is 4.02. The zero-order valence-corrected chi connectivity index (χ0v) is 33.5. The quantitative estimate of drug-likeness (QED) is 0.168. The predicted molar refractivity (Wildman–Crippen MR) is 258 cm³/mol. The fraction of sp³-hybridized carbons (Fsp3) is 0. The van der Waals surface area contributed by atoms with Crippen LogP contribution in [0.15, 0.2) is 227 Å². The van der Waals surface area contributed by atoms with Gasteiger partial charge in [0.1, 0.15) is 22.3 Å². The van der Waals surface area contributed by atoms with Crippen molar-refractivity contribution < 1.29 is 8.83 Å². The van der Waals surface area contributed by atoms with Crippen LogP contribution in [0.5, 0.6) is 0 Å². The van der Waals surface area contributed by atoms with E-state index < -0.39 is 0 Å². The van der Waals surface area contributed by atoms with Gasteiger partial charge >= 0.3 is 0 Å². The Balaban J connectivity index is 1.07. The van der Waals surface area contributed by atoms with E-state index in [1.807, 2.05) is 12.1 Å². The Kier molecular flexibility index (Phi) is 7.57. The molecule has 0 saturated heterocycles. The SMILES string of the molecule is c1cc(-c2cccc3c2oc2ccccc23)cc(N(c2ccc3ccccc3c2)c2ccc(-c3ccccc3-n3c4ccccc4c4ccccc43)c3oc4ccccc4c23)c1. The fourth-order valence-electron chi connectivity index (χ4n) is 9.82. The maximum Gasteiger partial charge on any atom is 0.145 e. The van der Waals surface area contributed by atoms with E-state index in [1.54, 1.807) is 0 Å². The molecule has 0 atom stereocenters. The zero-order chi connectivity index (χ0) is 40.7. The molecule has 290 valence electrons. The second-order valence-corrected chi connectivity index (χ2v) is 16.0. The minimum atomic E-state index is 0.839. The van der Waals surface area contributed by atoms with Gasteiger partial charge < -0.3 is 18.3 Å². The predicted octanol–water partition coefficient (Wildman–Crippen LogP) is 16.5. The second-order valence-electron chi connectivity index (χ2n) is 16.0. The molecule has 13 aromatic rings. The number of furan rings is 2. The molecule has 4 heteroatoms. The van der Waals surface area contributed by atoms with Gasteiger partial charge in [0.15, 0.2) is 0 Å². The summed E-state index contributed by atoms with van der Waals surface area (Å²) in [5.74, 6) is 0. The molecule has 0 spiro atoms. The first-order chi connectivity index (χ1) is 30.8. The minimum Gasteiger partial charge on any atom is -0.455 e. The molecule has 10 aromatic carbocycles. The van der Waals surface area contributed by atoms with Crippen LogP contribution >= 0.6 is 0 Å². The van der Waals surface area contributed by atoms with Gasteiger partial charge in [-0.1, -0.05) is 152 Å². The second kappa shape index (κ2) is 13.6. The summed E-state index contributed by atoms with van der Waals surface area (Å²) >= 11 is 0. The molecule has 0 aliphatic carbocycles. The van der Waals surface area contributed by atoms with E-state index in [-0.39, 0.29) is 0 Å². The normalized spacial score (nSPS) is 11.9. The Morgan fingerprint density at radius 2 is 0.952 bits per heavy atom. The van der Waals surface area contributed by atoms with Crippen LogP contribution in [0.2, 0.25) is 0 Å². The number of fused-ring (bicyclic) bond motifs is 10. The number of hydrogen-bond acceptors (Lipinski definition) is 3. The number of anilines is 3. The monoisotopic (exact) mass is 792 g/mol. The number of rotatable bonds is 6. The molecule has 0 bridgehead atoms. The molecule has 0 saturated carbocycles. The lowest BCUT2D eigenvalue weighted by atomic mass is 9.97. The van der Waals surface area contributed by atoms with Gasteiger partial charge in [0.05, 0.1) is 27.8 Å². The van der Waals surface area contributed by atoms with Crippen LogP contribution in [-0.4, -0.2) is 4.57 Å². The number of para-hydroxylation sites is 6. The molecule has 4 nitrogen and oxygen atoms in total. The van der Waals surface area contributed by atoms with Gasteiger partial charge in [-0.15, -0.1) is 0 Å². The molecule has 0 aliphatic heterocycles. The maximum absolute atomic E-state index is 7.04. The third kappa shape index (κ3) is 5.20. The first-order valence-electron chi connectivity index (χ1n) is 21.1. The standard InChI is InChI=1S/C58H36N2O2/c1-2-16-38-35-41(32-31-37(38)15-1)59(40-18-13-17-39(36-40)42-24-14-25-47-46-22-6-11-29-54(46)61-57(42)47)53-34-33-48(58-56(53)49-23-7-12-30-55(49)62-58)45-21-5-10-28-52(45)60-50-26-8-3-19-43(50)44-20-4-9-27-51(44)60/h1-36H. The summed E-state index contributed by atoms with van der Waals surface area (Å²) in [6.45, 7) is 0. The minimum absolute atomic E-state index is 0.839. The zero-order valence-electron chi connectivity index (χ0n) is 33.5. The Labute approximate surface area is 356 Å². The summed E-state index contributed by atoms with van der Waals surface area (Å²) in [7, 11) is 0. The lowest BCUT2D eigenvalue weighted by molar-refractivity contribution is 0.669. The van der Waals surface area contributed by atoms with Crippen molar-refractivity contribution in [2.45, 2.75) is 0 Å². The first-order valence-corrected chi connectivity index (χ1v) is 21.1. The van der Waals surface area contributed by atoms with Crippen molar-refractivity contribution in [3.8, 4) is 27.9 Å². The molecule has 0 N–H and O–H groups in total. The highest BCUT2D eigenvalue weighted by atomic mass is 16.3. The van der Waals surface area contributed by atoms with Crippen molar-refractivity contribution in [2.24, 2.45) is 0 Å². The van der Waals surface area contributed by atoms with Gasteiger partial charge in [-0.3, -0.25) is 0 Å². The smallest absolute Gasteiger partial charge is 0.145 e. The van der Waals surface area contributed by atoms with E-state index in [4.69, 9.17) is 8.83 Å². The summed E-state index contributed by atoms with van der Waals surface area (Å²) in [5, 5.41) is 9.15. The van der Waals surface area contributed by atoms with Crippen LogP contribution in [-0.2, 0) is 0 Å². The Bertz CT molecular complexity index is 3850. The molecular weight excluding hydrogens is 757 g/mol. The number of aromatic nitrogens is 1. The summed E-state index contributed by atoms with van der Waals surface area (Å²) in [6.07, 6.45) is 0. The first kappa shape index (κ1) is 34.5. The highest BCUT2D eigenvalue weighted by Gasteiger charge is 2.25. The van der Waals surface area contributed by atoms with E-state index in [9.17, 15) is 0 Å². The Morgan fingerprint density at radius 3 is 1.77 bits per heavy atom. The van der Waals surface area contributed by atoms with Crippen LogP contribution < -0.4 is 4.90 Å². The van der Waals surface area contributed by atoms with Crippen LogP contribution in [0.1, 0.15) is 0 Å². The molecule has 0 unspecified atom stereocenters. The van der Waals surface area contributed by atoms with E-state index >= 15 is 0 Å². The lowest BCUT2D eigenvalue weighted by Gasteiger charge is -2.27. The van der Waals surface area contributed by atoms with E-state index in [2.05, 4.69) is 216 Å². The van der Waals surface area contributed by atoms with Crippen LogP contribution in [0, 0.1) is 0 Å². The molecule has 0 radical (unpaired) electrons. The number of nitrogens with zero attached hydrogens (tertiary/aromatic N) is 2. The van der Waals surface area contributed by atoms with Gasteiger partial charge in [-0.05, 0) is 83.1 Å². The van der Waals surface area contributed by atoms with Gasteiger partial charge in [0.25, 0.3) is 0 Å². The molecule has 0 fully saturated rings. The summed E-state index contributed by atoms with van der Waals surface area (Å²) in [4.78, 5) is 2.39. The van der Waals surface area contributed by atoms with Crippen molar-refractivity contribution in [2.75, 3.05) is 4.90 Å². The molecule has 13 rings (SSSR count). The van der Waals surface area contributed by atoms with Crippen LogP contribution in [0.4, 0.5) is 17.1 Å². The van der Waals surface area contributed by atoms with Gasteiger partial charge in [-0.25, -0.2) is 0 Å². The lowest BCUT2D eigenvalue weighted by Crippen LogP contribution is -2.10. The van der Waals surface area contributed by atoms with Crippen LogP contribution in [0.3, 0.4) is 0 Å².